The van der Waals surface area contributed by atoms with Crippen LogP contribution in [0.5, 0.6) is 0 Å². The molecule has 0 amide bonds. The minimum Gasteiger partial charge on any atom is -0.398 e. The topological polar surface area (TPSA) is 77.0 Å². The SMILES string of the molecule is C/C(CCc1ccc(NCC2CC(N)C2)c(F)c1)=C(/N)c1ccc(C)nc1C. The van der Waals surface area contributed by atoms with Gasteiger partial charge in [-0.25, -0.2) is 4.39 Å². The second-order valence-electron chi connectivity index (χ2n) is 8.07. The summed E-state index contributed by atoms with van der Waals surface area (Å²) in [6, 6.07) is 9.76. The lowest BCUT2D eigenvalue weighted by Gasteiger charge is -2.32. The Hall–Kier alpha value is -2.40. The van der Waals surface area contributed by atoms with E-state index in [0.717, 1.165) is 66.0 Å². The summed E-state index contributed by atoms with van der Waals surface area (Å²) in [6.07, 6.45) is 3.58. The van der Waals surface area contributed by atoms with Gasteiger partial charge in [0.05, 0.1) is 5.69 Å². The van der Waals surface area contributed by atoms with Crippen molar-refractivity contribution in [3.63, 3.8) is 0 Å². The fourth-order valence-corrected chi connectivity index (χ4v) is 3.73. The maximum Gasteiger partial charge on any atom is 0.146 e. The van der Waals surface area contributed by atoms with Crippen molar-refractivity contribution in [1.82, 2.24) is 4.98 Å². The Labute approximate surface area is 167 Å². The highest BCUT2D eigenvalue weighted by atomic mass is 19.1. The number of nitrogens with two attached hydrogens (primary N) is 2. The monoisotopic (exact) mass is 382 g/mol. The Bertz CT molecular complexity index is 869. The van der Waals surface area contributed by atoms with E-state index in [0.29, 0.717) is 17.6 Å². The zero-order valence-corrected chi connectivity index (χ0v) is 17.1. The maximum absolute atomic E-state index is 14.4. The highest BCUT2D eigenvalue weighted by Gasteiger charge is 2.25. The highest BCUT2D eigenvalue weighted by Crippen LogP contribution is 2.27. The summed E-state index contributed by atoms with van der Waals surface area (Å²) in [4.78, 5) is 4.48. The van der Waals surface area contributed by atoms with Crippen molar-refractivity contribution in [3.8, 4) is 0 Å². The van der Waals surface area contributed by atoms with Crippen molar-refractivity contribution in [2.75, 3.05) is 11.9 Å². The number of aromatic nitrogens is 1. The van der Waals surface area contributed by atoms with Gasteiger partial charge in [-0.05, 0) is 87.8 Å². The quantitative estimate of drug-likeness (QED) is 0.667. The number of nitrogens with one attached hydrogen (secondary N) is 1. The molecule has 1 fully saturated rings. The highest BCUT2D eigenvalue weighted by molar-refractivity contribution is 5.67. The molecule has 1 heterocycles. The normalized spacial score (nSPS) is 19.8. The van der Waals surface area contributed by atoms with Crippen molar-refractivity contribution >= 4 is 11.4 Å². The smallest absolute Gasteiger partial charge is 0.146 e. The molecule has 28 heavy (non-hydrogen) atoms. The summed E-state index contributed by atoms with van der Waals surface area (Å²) in [5.74, 6) is 0.360. The van der Waals surface area contributed by atoms with Gasteiger partial charge in [0.25, 0.3) is 0 Å². The molecule has 1 saturated carbocycles. The van der Waals surface area contributed by atoms with Crippen LogP contribution in [-0.4, -0.2) is 17.6 Å². The van der Waals surface area contributed by atoms with Gasteiger partial charge in [0.15, 0.2) is 0 Å². The molecule has 5 N–H and O–H groups in total. The summed E-state index contributed by atoms with van der Waals surface area (Å²) in [5.41, 5.74) is 18.4. The zero-order chi connectivity index (χ0) is 20.3. The van der Waals surface area contributed by atoms with E-state index >= 15 is 0 Å². The molecule has 5 heteroatoms. The Kier molecular flexibility index (Phi) is 6.35. The van der Waals surface area contributed by atoms with Crippen molar-refractivity contribution in [2.45, 2.75) is 52.5 Å². The molecule has 0 unspecified atom stereocenters. The summed E-state index contributed by atoms with van der Waals surface area (Å²) in [5, 5.41) is 3.21. The van der Waals surface area contributed by atoms with Crippen LogP contribution in [0.3, 0.4) is 0 Å². The minimum absolute atomic E-state index is 0.200. The fourth-order valence-electron chi connectivity index (χ4n) is 3.73. The molecule has 0 saturated heterocycles. The summed E-state index contributed by atoms with van der Waals surface area (Å²) in [7, 11) is 0. The molecule has 3 rings (SSSR count). The molecule has 150 valence electrons. The van der Waals surface area contributed by atoms with Gasteiger partial charge in [-0.2, -0.15) is 0 Å². The predicted molar refractivity (Wildman–Crippen MR) is 114 cm³/mol. The molecule has 0 bridgehead atoms. The predicted octanol–water partition coefficient (Wildman–Crippen LogP) is 4.31. The van der Waals surface area contributed by atoms with Gasteiger partial charge in [-0.3, -0.25) is 4.98 Å². The first kappa shape index (κ1) is 20.3. The van der Waals surface area contributed by atoms with Crippen LogP contribution in [0.4, 0.5) is 10.1 Å². The molecule has 1 aromatic heterocycles. The van der Waals surface area contributed by atoms with Crippen molar-refractivity contribution in [3.05, 3.63) is 64.2 Å². The molecule has 4 nitrogen and oxygen atoms in total. The summed E-state index contributed by atoms with van der Waals surface area (Å²) >= 11 is 0. The third kappa shape index (κ3) is 4.90. The second-order valence-corrected chi connectivity index (χ2v) is 8.07. The van der Waals surface area contributed by atoms with Crippen LogP contribution >= 0.6 is 0 Å². The Morgan fingerprint density at radius 2 is 1.96 bits per heavy atom. The average molecular weight is 383 g/mol. The van der Waals surface area contributed by atoms with Crippen LogP contribution < -0.4 is 16.8 Å². The molecule has 0 radical (unpaired) electrons. The number of pyridine rings is 1. The van der Waals surface area contributed by atoms with E-state index < -0.39 is 0 Å². The van der Waals surface area contributed by atoms with Crippen molar-refractivity contribution in [2.24, 2.45) is 17.4 Å². The number of anilines is 1. The van der Waals surface area contributed by atoms with Crippen LogP contribution in [0.2, 0.25) is 0 Å². The molecule has 2 aromatic rings. The Morgan fingerprint density at radius 3 is 2.61 bits per heavy atom. The number of aryl methyl sites for hydroxylation is 3. The van der Waals surface area contributed by atoms with Gasteiger partial charge < -0.3 is 16.8 Å². The molecular weight excluding hydrogens is 351 g/mol. The Morgan fingerprint density at radius 1 is 1.21 bits per heavy atom. The first-order chi connectivity index (χ1) is 13.3. The number of halogens is 1. The minimum atomic E-state index is -0.200. The van der Waals surface area contributed by atoms with E-state index in [-0.39, 0.29) is 5.82 Å². The van der Waals surface area contributed by atoms with Crippen LogP contribution in [0, 0.1) is 25.6 Å². The van der Waals surface area contributed by atoms with E-state index in [1.54, 1.807) is 6.07 Å². The molecule has 1 aromatic carbocycles. The lowest BCUT2D eigenvalue weighted by atomic mass is 9.81. The van der Waals surface area contributed by atoms with Crippen LogP contribution in [0.1, 0.15) is 48.7 Å². The molecule has 0 atom stereocenters. The molecule has 0 spiro atoms. The van der Waals surface area contributed by atoms with Gasteiger partial charge >= 0.3 is 0 Å². The van der Waals surface area contributed by atoms with E-state index in [2.05, 4.69) is 10.3 Å². The van der Waals surface area contributed by atoms with Gasteiger partial charge in [0, 0.05) is 35.2 Å². The summed E-state index contributed by atoms with van der Waals surface area (Å²) < 4.78 is 14.4. The van der Waals surface area contributed by atoms with Crippen LogP contribution in [0.15, 0.2) is 35.9 Å². The molecule has 1 aliphatic carbocycles. The lowest BCUT2D eigenvalue weighted by Crippen LogP contribution is -2.39. The second kappa shape index (κ2) is 8.74. The fraction of sp³-hybridized carbons (Fsp3) is 0.435. The number of hydrogen-bond acceptors (Lipinski definition) is 4. The number of nitrogens with zero attached hydrogens (tertiary/aromatic N) is 1. The first-order valence-electron chi connectivity index (χ1n) is 10.0. The van der Waals surface area contributed by atoms with E-state index in [4.69, 9.17) is 11.5 Å². The largest absolute Gasteiger partial charge is 0.398 e. The van der Waals surface area contributed by atoms with Gasteiger partial charge in [-0.15, -0.1) is 0 Å². The lowest BCUT2D eigenvalue weighted by molar-refractivity contribution is 0.280. The number of allylic oxidation sites excluding steroid dienone is 1. The van der Waals surface area contributed by atoms with Crippen LogP contribution in [-0.2, 0) is 6.42 Å². The average Bonchev–Trinajstić information content (AvgIpc) is 2.63. The van der Waals surface area contributed by atoms with Gasteiger partial charge in [0.2, 0.25) is 0 Å². The first-order valence-corrected chi connectivity index (χ1v) is 10.0. The summed E-state index contributed by atoms with van der Waals surface area (Å²) in [6.45, 7) is 6.76. The van der Waals surface area contributed by atoms with E-state index in [9.17, 15) is 4.39 Å². The maximum atomic E-state index is 14.4. The van der Waals surface area contributed by atoms with Gasteiger partial charge in [0.1, 0.15) is 5.82 Å². The number of hydrogen-bond donors (Lipinski definition) is 3. The van der Waals surface area contributed by atoms with Crippen LogP contribution in [0.25, 0.3) is 5.70 Å². The third-order valence-electron chi connectivity index (χ3n) is 5.65. The number of rotatable bonds is 7. The zero-order valence-electron chi connectivity index (χ0n) is 17.1. The third-order valence-corrected chi connectivity index (χ3v) is 5.65. The van der Waals surface area contributed by atoms with Gasteiger partial charge in [-0.1, -0.05) is 6.07 Å². The van der Waals surface area contributed by atoms with Crippen molar-refractivity contribution in [1.29, 1.82) is 0 Å². The van der Waals surface area contributed by atoms with E-state index in [1.165, 1.54) is 0 Å². The molecule has 0 aliphatic heterocycles. The Balaban J connectivity index is 1.59. The molecule has 1 aliphatic rings. The standard InChI is InChI=1S/C23H31FN4/c1-14(23(26)20-8-5-15(2)28-16(20)3)4-6-17-7-9-22(21(24)12-17)27-13-18-10-19(25)11-18/h5,7-9,12,18-19,27H,4,6,10-11,13,25-26H2,1-3H3/b23-14-. The van der Waals surface area contributed by atoms with Crippen molar-refractivity contribution < 1.29 is 4.39 Å². The molecular formula is C23H31FN4. The van der Waals surface area contributed by atoms with E-state index in [1.807, 2.05) is 45.0 Å². The number of benzene rings is 1.